The molecular weight excluding hydrogens is 346 g/mol. The average molecular weight is 359 g/mol. The standard InChI is InChI=1S/C14H12FNO2.C2HF3O2/c1-9-2-4-10(5-3-9)12-8-11(15)6-7-13(12)18-14(16)17;3-2(4,5)1(6)7/h2-8H,1H3,(H2,16,17);(H,6,7). The molecule has 0 atom stereocenters. The first-order valence-corrected chi connectivity index (χ1v) is 6.64. The molecule has 0 fully saturated rings. The van der Waals surface area contributed by atoms with Crippen molar-refractivity contribution in [3.63, 3.8) is 0 Å². The van der Waals surface area contributed by atoms with Gasteiger partial charge in [-0.25, -0.2) is 14.0 Å². The number of amides is 1. The highest BCUT2D eigenvalue weighted by atomic mass is 19.4. The van der Waals surface area contributed by atoms with Gasteiger partial charge in [-0.1, -0.05) is 29.8 Å². The van der Waals surface area contributed by atoms with Crippen molar-refractivity contribution in [3.8, 4) is 16.9 Å². The number of hydrogen-bond donors (Lipinski definition) is 2. The fourth-order valence-electron chi connectivity index (χ4n) is 1.66. The van der Waals surface area contributed by atoms with E-state index in [9.17, 15) is 22.4 Å². The Labute approximate surface area is 139 Å². The van der Waals surface area contributed by atoms with Crippen LogP contribution < -0.4 is 10.5 Å². The summed E-state index contributed by atoms with van der Waals surface area (Å²) in [7, 11) is 0. The summed E-state index contributed by atoms with van der Waals surface area (Å²) in [5.41, 5.74) is 7.32. The predicted molar refractivity (Wildman–Crippen MR) is 80.5 cm³/mol. The summed E-state index contributed by atoms with van der Waals surface area (Å²) >= 11 is 0. The second-order valence-electron chi connectivity index (χ2n) is 4.73. The molecule has 0 bridgehead atoms. The number of carbonyl (C=O) groups is 2. The van der Waals surface area contributed by atoms with E-state index in [1.54, 1.807) is 0 Å². The molecule has 3 N–H and O–H groups in total. The Bertz CT molecular complexity index is 758. The van der Waals surface area contributed by atoms with Crippen LogP contribution in [0.15, 0.2) is 42.5 Å². The van der Waals surface area contributed by atoms with Crippen LogP contribution in [-0.4, -0.2) is 23.3 Å². The van der Waals surface area contributed by atoms with Crippen LogP contribution in [0, 0.1) is 12.7 Å². The van der Waals surface area contributed by atoms with Crippen molar-refractivity contribution in [2.45, 2.75) is 13.1 Å². The van der Waals surface area contributed by atoms with Crippen LogP contribution in [0.4, 0.5) is 22.4 Å². The topological polar surface area (TPSA) is 89.6 Å². The molecular formula is C16H13F4NO4. The number of halogens is 4. The summed E-state index contributed by atoms with van der Waals surface area (Å²) in [4.78, 5) is 19.7. The zero-order chi connectivity index (χ0) is 19.2. The van der Waals surface area contributed by atoms with Crippen molar-refractivity contribution in [2.24, 2.45) is 5.73 Å². The molecule has 5 nitrogen and oxygen atoms in total. The van der Waals surface area contributed by atoms with Gasteiger partial charge in [-0.3, -0.25) is 0 Å². The van der Waals surface area contributed by atoms with Gasteiger partial charge in [0, 0.05) is 5.56 Å². The lowest BCUT2D eigenvalue weighted by Crippen LogP contribution is -2.21. The quantitative estimate of drug-likeness (QED) is 0.796. The molecule has 0 aromatic heterocycles. The van der Waals surface area contributed by atoms with Crippen LogP contribution in [0.1, 0.15) is 5.56 Å². The molecule has 0 heterocycles. The fraction of sp³-hybridized carbons (Fsp3) is 0.125. The van der Waals surface area contributed by atoms with Crippen molar-refractivity contribution in [3.05, 3.63) is 53.8 Å². The molecule has 134 valence electrons. The molecule has 0 spiro atoms. The minimum Gasteiger partial charge on any atom is -0.475 e. The second-order valence-corrected chi connectivity index (χ2v) is 4.73. The maximum Gasteiger partial charge on any atom is 0.490 e. The molecule has 25 heavy (non-hydrogen) atoms. The van der Waals surface area contributed by atoms with Gasteiger partial charge < -0.3 is 15.6 Å². The third kappa shape index (κ3) is 6.50. The van der Waals surface area contributed by atoms with Gasteiger partial charge in [-0.05, 0) is 30.7 Å². The largest absolute Gasteiger partial charge is 0.490 e. The van der Waals surface area contributed by atoms with Crippen LogP contribution in [0.2, 0.25) is 0 Å². The van der Waals surface area contributed by atoms with Crippen LogP contribution in [0.3, 0.4) is 0 Å². The highest BCUT2D eigenvalue weighted by Crippen LogP contribution is 2.31. The number of hydrogen-bond acceptors (Lipinski definition) is 3. The number of nitrogens with two attached hydrogens (primary N) is 1. The molecule has 0 unspecified atom stereocenters. The Morgan fingerprint density at radius 2 is 1.60 bits per heavy atom. The van der Waals surface area contributed by atoms with E-state index < -0.39 is 24.1 Å². The average Bonchev–Trinajstić information content (AvgIpc) is 2.49. The molecule has 0 saturated carbocycles. The maximum absolute atomic E-state index is 13.3. The minimum atomic E-state index is -5.08. The monoisotopic (exact) mass is 359 g/mol. The normalized spacial score (nSPS) is 10.4. The lowest BCUT2D eigenvalue weighted by Gasteiger charge is -2.09. The maximum atomic E-state index is 13.3. The summed E-state index contributed by atoms with van der Waals surface area (Å²) in [6.45, 7) is 1.95. The molecule has 0 radical (unpaired) electrons. The number of carboxylic acid groups (broad SMARTS) is 1. The summed E-state index contributed by atoms with van der Waals surface area (Å²) in [5, 5.41) is 7.12. The highest BCUT2D eigenvalue weighted by molar-refractivity contribution is 5.76. The van der Waals surface area contributed by atoms with Crippen molar-refractivity contribution < 1.29 is 37.0 Å². The van der Waals surface area contributed by atoms with Crippen LogP contribution in [-0.2, 0) is 4.79 Å². The summed E-state index contributed by atoms with van der Waals surface area (Å²) in [6.07, 6.45) is -6.00. The third-order valence-corrected chi connectivity index (χ3v) is 2.76. The number of ether oxygens (including phenoxy) is 1. The molecule has 0 saturated heterocycles. The third-order valence-electron chi connectivity index (χ3n) is 2.76. The second kappa shape index (κ2) is 8.13. The van der Waals surface area contributed by atoms with E-state index in [0.29, 0.717) is 5.56 Å². The predicted octanol–water partition coefficient (Wildman–Crippen LogP) is 3.89. The molecule has 9 heteroatoms. The van der Waals surface area contributed by atoms with Crippen LogP contribution in [0.5, 0.6) is 5.75 Å². The number of aryl methyl sites for hydroxylation is 1. The number of benzene rings is 2. The highest BCUT2D eigenvalue weighted by Gasteiger charge is 2.38. The summed E-state index contributed by atoms with van der Waals surface area (Å²) in [6, 6.07) is 11.4. The zero-order valence-corrected chi connectivity index (χ0v) is 12.8. The van der Waals surface area contributed by atoms with E-state index in [-0.39, 0.29) is 5.75 Å². The SMILES string of the molecule is Cc1ccc(-c2cc(F)ccc2OC(N)=O)cc1.O=C(O)C(F)(F)F. The number of primary amides is 1. The Morgan fingerprint density at radius 3 is 2.04 bits per heavy atom. The lowest BCUT2D eigenvalue weighted by molar-refractivity contribution is -0.192. The van der Waals surface area contributed by atoms with E-state index in [1.165, 1.54) is 18.2 Å². The number of rotatable bonds is 2. The molecule has 2 rings (SSSR count). The Hall–Kier alpha value is -3.10. The van der Waals surface area contributed by atoms with Crippen molar-refractivity contribution >= 4 is 12.1 Å². The van der Waals surface area contributed by atoms with E-state index in [0.717, 1.165) is 11.1 Å². The van der Waals surface area contributed by atoms with E-state index in [2.05, 4.69) is 0 Å². The first kappa shape index (κ1) is 19.9. The van der Waals surface area contributed by atoms with Crippen molar-refractivity contribution in [1.82, 2.24) is 0 Å². The Balaban J connectivity index is 0.000000381. The molecule has 0 aliphatic carbocycles. The number of carboxylic acids is 1. The minimum absolute atomic E-state index is 0.243. The van der Waals surface area contributed by atoms with Crippen LogP contribution in [0.25, 0.3) is 11.1 Å². The van der Waals surface area contributed by atoms with Gasteiger partial charge in [0.15, 0.2) is 0 Å². The Morgan fingerprint density at radius 1 is 1.08 bits per heavy atom. The molecule has 0 aliphatic rings. The fourth-order valence-corrected chi connectivity index (χ4v) is 1.66. The smallest absolute Gasteiger partial charge is 0.475 e. The van der Waals surface area contributed by atoms with Gasteiger partial charge in [0.25, 0.3) is 0 Å². The molecule has 0 aliphatic heterocycles. The number of alkyl halides is 3. The number of carbonyl (C=O) groups excluding carboxylic acids is 1. The molecule has 2 aromatic carbocycles. The first-order chi connectivity index (χ1) is 11.5. The summed E-state index contributed by atoms with van der Waals surface area (Å²) in [5.74, 6) is -2.91. The van der Waals surface area contributed by atoms with Crippen LogP contribution >= 0.6 is 0 Å². The molecule has 1 amide bonds. The van der Waals surface area contributed by atoms with E-state index >= 15 is 0 Å². The van der Waals surface area contributed by atoms with Crippen molar-refractivity contribution in [1.29, 1.82) is 0 Å². The van der Waals surface area contributed by atoms with E-state index in [1.807, 2.05) is 31.2 Å². The summed E-state index contributed by atoms with van der Waals surface area (Å²) < 4.78 is 49.9. The van der Waals surface area contributed by atoms with Gasteiger partial charge in [0.2, 0.25) is 0 Å². The first-order valence-electron chi connectivity index (χ1n) is 6.64. The Kier molecular flexibility index (Phi) is 6.49. The lowest BCUT2D eigenvalue weighted by atomic mass is 10.0. The van der Waals surface area contributed by atoms with Crippen molar-refractivity contribution in [2.75, 3.05) is 0 Å². The van der Waals surface area contributed by atoms with Gasteiger partial charge >= 0.3 is 18.2 Å². The van der Waals surface area contributed by atoms with Gasteiger partial charge in [-0.15, -0.1) is 0 Å². The van der Waals surface area contributed by atoms with Gasteiger partial charge in [0.1, 0.15) is 11.6 Å². The van der Waals surface area contributed by atoms with Gasteiger partial charge in [-0.2, -0.15) is 13.2 Å². The van der Waals surface area contributed by atoms with Gasteiger partial charge in [0.05, 0.1) is 0 Å². The zero-order valence-electron chi connectivity index (χ0n) is 12.8. The molecule has 2 aromatic rings. The van der Waals surface area contributed by atoms with E-state index in [4.69, 9.17) is 20.4 Å². The number of aliphatic carboxylic acids is 1.